The van der Waals surface area contributed by atoms with E-state index in [2.05, 4.69) is 49.9 Å². The maximum atomic E-state index is 5.90. The molecule has 0 spiro atoms. The Labute approximate surface area is 127 Å². The Morgan fingerprint density at radius 2 is 2.28 bits per heavy atom. The van der Waals surface area contributed by atoms with Crippen molar-refractivity contribution >= 4 is 43.2 Å². The number of nitrogens with two attached hydrogens (primary N) is 1. The summed E-state index contributed by atoms with van der Waals surface area (Å²) in [4.78, 5) is 3.44. The van der Waals surface area contributed by atoms with Crippen LogP contribution in [0, 0.1) is 0 Å². The molecule has 0 aliphatic heterocycles. The summed E-state index contributed by atoms with van der Waals surface area (Å²) in [5, 5.41) is 0. The molecular weight excluding hydrogens is 380 g/mol. The summed E-state index contributed by atoms with van der Waals surface area (Å²) >= 11 is 8.73. The normalized spacial score (nSPS) is 13.2. The molecule has 2 N–H and O–H groups in total. The minimum absolute atomic E-state index is 0.197. The second-order valence-electron chi connectivity index (χ2n) is 4.02. The van der Waals surface area contributed by atoms with Gasteiger partial charge in [0.25, 0.3) is 0 Å². The maximum Gasteiger partial charge on any atom is 0.117 e. The molecule has 0 radical (unpaired) electrons. The molecule has 1 unspecified atom stereocenters. The van der Waals surface area contributed by atoms with Gasteiger partial charge in [-0.05, 0) is 57.1 Å². The first-order valence-corrected chi connectivity index (χ1v) is 7.89. The van der Waals surface area contributed by atoms with Crippen molar-refractivity contribution in [2.45, 2.75) is 12.6 Å². The van der Waals surface area contributed by atoms with Crippen molar-refractivity contribution in [1.29, 1.82) is 0 Å². The smallest absolute Gasteiger partial charge is 0.117 e. The molecule has 2 aromatic rings. The van der Waals surface area contributed by atoms with Crippen LogP contribution in [-0.4, -0.2) is 18.5 Å². The Bertz CT molecular complexity index is 479. The standard InChI is InChI=1S/C12H14Br2N2OS/c1-16(7-8-3-2-4-17-8)10(6-15)11-5-9(13)12(14)18-11/h2-5,10H,6-7,15H2,1H3. The average molecular weight is 394 g/mol. The Balaban J connectivity index is 2.12. The molecule has 3 nitrogen and oxygen atoms in total. The van der Waals surface area contributed by atoms with E-state index in [-0.39, 0.29) is 6.04 Å². The molecule has 0 aromatic carbocycles. The number of nitrogens with zero attached hydrogens (tertiary/aromatic N) is 1. The molecule has 0 bridgehead atoms. The van der Waals surface area contributed by atoms with E-state index in [1.165, 1.54) is 4.88 Å². The summed E-state index contributed by atoms with van der Waals surface area (Å²) in [6, 6.07) is 6.19. The van der Waals surface area contributed by atoms with Gasteiger partial charge in [0.15, 0.2) is 0 Å². The van der Waals surface area contributed by atoms with E-state index in [0.717, 1.165) is 20.6 Å². The Morgan fingerprint density at radius 1 is 1.50 bits per heavy atom. The highest BCUT2D eigenvalue weighted by atomic mass is 79.9. The summed E-state index contributed by atoms with van der Waals surface area (Å²) in [7, 11) is 2.06. The molecule has 0 aliphatic carbocycles. The fraction of sp³-hybridized carbons (Fsp3) is 0.333. The average Bonchev–Trinajstić information content (AvgIpc) is 2.92. The molecule has 2 heterocycles. The molecule has 2 rings (SSSR count). The lowest BCUT2D eigenvalue weighted by Gasteiger charge is -2.25. The summed E-state index contributed by atoms with van der Waals surface area (Å²) in [6.45, 7) is 1.33. The van der Waals surface area contributed by atoms with Crippen LogP contribution in [0.15, 0.2) is 37.1 Å². The summed E-state index contributed by atoms with van der Waals surface area (Å²) in [5.74, 6) is 0.950. The zero-order valence-corrected chi connectivity index (χ0v) is 13.9. The number of thiophene rings is 1. The van der Waals surface area contributed by atoms with Crippen molar-refractivity contribution in [2.75, 3.05) is 13.6 Å². The van der Waals surface area contributed by atoms with Crippen LogP contribution in [0.4, 0.5) is 0 Å². The zero-order valence-electron chi connectivity index (χ0n) is 9.90. The number of halogens is 2. The topological polar surface area (TPSA) is 42.4 Å². The van der Waals surface area contributed by atoms with Gasteiger partial charge in [0.1, 0.15) is 5.76 Å². The second-order valence-corrected chi connectivity index (χ2v) is 7.27. The van der Waals surface area contributed by atoms with Gasteiger partial charge in [0.2, 0.25) is 0 Å². The van der Waals surface area contributed by atoms with Crippen molar-refractivity contribution in [3.8, 4) is 0 Å². The van der Waals surface area contributed by atoms with Gasteiger partial charge >= 0.3 is 0 Å². The summed E-state index contributed by atoms with van der Waals surface area (Å²) in [5.41, 5.74) is 5.90. The van der Waals surface area contributed by atoms with E-state index >= 15 is 0 Å². The predicted molar refractivity (Wildman–Crippen MR) is 81.7 cm³/mol. The lowest BCUT2D eigenvalue weighted by molar-refractivity contribution is 0.226. The van der Waals surface area contributed by atoms with Crippen LogP contribution in [0.25, 0.3) is 0 Å². The van der Waals surface area contributed by atoms with Gasteiger partial charge in [-0.25, -0.2) is 0 Å². The van der Waals surface area contributed by atoms with E-state index in [4.69, 9.17) is 10.2 Å². The van der Waals surface area contributed by atoms with Gasteiger partial charge in [-0.1, -0.05) is 0 Å². The minimum atomic E-state index is 0.197. The lowest BCUT2D eigenvalue weighted by Crippen LogP contribution is -2.29. The molecule has 98 valence electrons. The monoisotopic (exact) mass is 392 g/mol. The van der Waals surface area contributed by atoms with Crippen LogP contribution in [0.2, 0.25) is 0 Å². The fourth-order valence-corrected chi connectivity index (χ4v) is 4.07. The first-order valence-electron chi connectivity index (χ1n) is 5.49. The van der Waals surface area contributed by atoms with Gasteiger partial charge in [-0.2, -0.15) is 0 Å². The van der Waals surface area contributed by atoms with Crippen molar-refractivity contribution in [3.63, 3.8) is 0 Å². The molecule has 1 atom stereocenters. The first kappa shape index (κ1) is 14.3. The molecule has 0 saturated carbocycles. The molecule has 0 fully saturated rings. The van der Waals surface area contributed by atoms with Crippen molar-refractivity contribution in [2.24, 2.45) is 5.73 Å². The summed E-state index contributed by atoms with van der Waals surface area (Å²) in [6.07, 6.45) is 1.69. The van der Waals surface area contributed by atoms with Crippen molar-refractivity contribution < 1.29 is 4.42 Å². The van der Waals surface area contributed by atoms with E-state index in [1.807, 2.05) is 12.1 Å². The van der Waals surface area contributed by atoms with Crippen LogP contribution >= 0.6 is 43.2 Å². The van der Waals surface area contributed by atoms with Crippen LogP contribution in [0.1, 0.15) is 16.7 Å². The zero-order chi connectivity index (χ0) is 13.1. The van der Waals surface area contributed by atoms with Crippen LogP contribution in [-0.2, 0) is 6.54 Å². The quantitative estimate of drug-likeness (QED) is 0.834. The van der Waals surface area contributed by atoms with Crippen molar-refractivity contribution in [3.05, 3.63) is 43.4 Å². The predicted octanol–water partition coefficient (Wildman–Crippen LogP) is 4.00. The molecule has 2 aromatic heterocycles. The van der Waals surface area contributed by atoms with Crippen LogP contribution < -0.4 is 5.73 Å². The molecule has 0 amide bonds. The Morgan fingerprint density at radius 3 is 2.78 bits per heavy atom. The fourth-order valence-electron chi connectivity index (χ4n) is 1.80. The van der Waals surface area contributed by atoms with E-state index in [9.17, 15) is 0 Å². The largest absolute Gasteiger partial charge is 0.468 e. The number of hydrogen-bond acceptors (Lipinski definition) is 4. The molecule has 18 heavy (non-hydrogen) atoms. The van der Waals surface area contributed by atoms with Gasteiger partial charge in [-0.3, -0.25) is 4.90 Å². The van der Waals surface area contributed by atoms with Crippen LogP contribution in [0.3, 0.4) is 0 Å². The number of hydrogen-bond donors (Lipinski definition) is 1. The molecule has 6 heteroatoms. The highest BCUT2D eigenvalue weighted by molar-refractivity contribution is 9.13. The first-order chi connectivity index (χ1) is 8.61. The molecule has 0 aliphatic rings. The third-order valence-corrected chi connectivity index (χ3v) is 6.09. The molecule has 0 saturated heterocycles. The number of rotatable bonds is 5. The SMILES string of the molecule is CN(Cc1ccco1)C(CN)c1cc(Br)c(Br)s1. The third-order valence-electron chi connectivity index (χ3n) is 2.73. The van der Waals surface area contributed by atoms with Gasteiger partial charge < -0.3 is 10.2 Å². The highest BCUT2D eigenvalue weighted by Gasteiger charge is 2.19. The lowest BCUT2D eigenvalue weighted by atomic mass is 10.2. The minimum Gasteiger partial charge on any atom is -0.468 e. The summed E-state index contributed by atoms with van der Waals surface area (Å²) < 4.78 is 7.54. The van der Waals surface area contributed by atoms with Gasteiger partial charge in [0, 0.05) is 15.9 Å². The van der Waals surface area contributed by atoms with E-state index in [0.29, 0.717) is 6.54 Å². The highest BCUT2D eigenvalue weighted by Crippen LogP contribution is 2.37. The van der Waals surface area contributed by atoms with Crippen LogP contribution in [0.5, 0.6) is 0 Å². The maximum absolute atomic E-state index is 5.90. The van der Waals surface area contributed by atoms with E-state index < -0.39 is 0 Å². The van der Waals surface area contributed by atoms with Gasteiger partial charge in [0.05, 0.1) is 22.6 Å². The molecular formula is C12H14Br2N2OS. The number of furan rings is 1. The third kappa shape index (κ3) is 3.24. The Kier molecular flexibility index (Phi) is 5.03. The Hall–Kier alpha value is -0.140. The van der Waals surface area contributed by atoms with Crippen molar-refractivity contribution in [1.82, 2.24) is 4.90 Å². The number of likely N-dealkylation sites (N-methyl/N-ethyl adjacent to an activating group) is 1. The second kappa shape index (κ2) is 6.34. The van der Waals surface area contributed by atoms with E-state index in [1.54, 1.807) is 17.6 Å². The van der Waals surface area contributed by atoms with Gasteiger partial charge in [-0.15, -0.1) is 11.3 Å².